The van der Waals surface area contributed by atoms with Gasteiger partial charge in [0, 0.05) is 32.9 Å². The zero-order valence-corrected chi connectivity index (χ0v) is 11.1. The van der Waals surface area contributed by atoms with Gasteiger partial charge in [0.25, 0.3) is 0 Å². The highest BCUT2D eigenvalue weighted by molar-refractivity contribution is 9.10. The summed E-state index contributed by atoms with van der Waals surface area (Å²) in [5, 5.41) is 5.88. The molecule has 0 radical (unpaired) electrons. The number of nitrogens with zero attached hydrogens (tertiary/aromatic N) is 3. The van der Waals surface area contributed by atoms with Gasteiger partial charge in [0.05, 0.1) is 4.47 Å². The zero-order chi connectivity index (χ0) is 12.3. The second-order valence-electron chi connectivity index (χ2n) is 3.72. The summed E-state index contributed by atoms with van der Waals surface area (Å²) in [6.45, 7) is 2.20. The first kappa shape index (κ1) is 12.3. The number of rotatable bonds is 2. The molecule has 0 aromatic carbocycles. The Morgan fingerprint density at radius 1 is 1.71 bits per heavy atom. The molecule has 1 amide bonds. The second kappa shape index (κ2) is 5.42. The summed E-state index contributed by atoms with van der Waals surface area (Å²) in [7, 11) is 1.64. The lowest BCUT2D eigenvalue weighted by Gasteiger charge is -2.36. The Labute approximate surface area is 108 Å². The molecule has 2 N–H and O–H groups in total. The van der Waals surface area contributed by atoms with Crippen LogP contribution in [0, 0.1) is 0 Å². The molecule has 2 heterocycles. The Hall–Kier alpha value is -1.21. The molecule has 0 bridgehead atoms. The molecule has 0 saturated carbocycles. The van der Waals surface area contributed by atoms with Gasteiger partial charge in [-0.1, -0.05) is 0 Å². The molecule has 1 aromatic rings. The number of piperazine rings is 1. The minimum atomic E-state index is -0.236. The Morgan fingerprint density at radius 3 is 3.24 bits per heavy atom. The van der Waals surface area contributed by atoms with Gasteiger partial charge >= 0.3 is 0 Å². The van der Waals surface area contributed by atoms with Crippen LogP contribution in [-0.4, -0.2) is 48.6 Å². The predicted molar refractivity (Wildman–Crippen MR) is 67.8 cm³/mol. The van der Waals surface area contributed by atoms with Gasteiger partial charge in [0.15, 0.2) is 0 Å². The van der Waals surface area contributed by atoms with E-state index < -0.39 is 0 Å². The van der Waals surface area contributed by atoms with E-state index in [9.17, 15) is 4.79 Å². The third-order valence-corrected chi connectivity index (χ3v) is 3.27. The summed E-state index contributed by atoms with van der Waals surface area (Å²) >= 11 is 3.41. The van der Waals surface area contributed by atoms with Crippen LogP contribution in [0.5, 0.6) is 0 Å². The monoisotopic (exact) mass is 299 g/mol. The van der Waals surface area contributed by atoms with Crippen molar-refractivity contribution in [1.82, 2.24) is 20.6 Å². The largest absolute Gasteiger partial charge is 0.357 e. The van der Waals surface area contributed by atoms with Crippen molar-refractivity contribution in [3.8, 4) is 0 Å². The summed E-state index contributed by atoms with van der Waals surface area (Å²) in [4.78, 5) is 22.0. The molecule has 92 valence electrons. The van der Waals surface area contributed by atoms with Gasteiger partial charge in [-0.3, -0.25) is 4.79 Å². The van der Waals surface area contributed by atoms with Crippen molar-refractivity contribution >= 4 is 27.7 Å². The first-order chi connectivity index (χ1) is 8.24. The minimum Gasteiger partial charge on any atom is -0.357 e. The van der Waals surface area contributed by atoms with Crippen LogP contribution in [0.15, 0.2) is 17.0 Å². The molecule has 1 saturated heterocycles. The van der Waals surface area contributed by atoms with Gasteiger partial charge in [-0.15, -0.1) is 0 Å². The number of anilines is 1. The molecule has 6 nitrogen and oxygen atoms in total. The van der Waals surface area contributed by atoms with Gasteiger partial charge in [-0.2, -0.15) is 0 Å². The van der Waals surface area contributed by atoms with Gasteiger partial charge in [0.2, 0.25) is 5.91 Å². The van der Waals surface area contributed by atoms with Gasteiger partial charge in [-0.05, 0) is 15.9 Å². The predicted octanol–water partition coefficient (Wildman–Crippen LogP) is -0.237. The SMILES string of the molecule is CNC(=O)C1CNCCN1c1ncncc1Br. The van der Waals surface area contributed by atoms with Gasteiger partial charge < -0.3 is 15.5 Å². The van der Waals surface area contributed by atoms with E-state index in [4.69, 9.17) is 0 Å². The Kier molecular flexibility index (Phi) is 3.90. The number of carbonyl (C=O) groups is 1. The number of hydrogen-bond acceptors (Lipinski definition) is 5. The number of aromatic nitrogens is 2. The minimum absolute atomic E-state index is 0.0114. The third-order valence-electron chi connectivity index (χ3n) is 2.71. The number of nitrogens with one attached hydrogen (secondary N) is 2. The molecule has 1 atom stereocenters. The highest BCUT2D eigenvalue weighted by Crippen LogP contribution is 2.24. The maximum absolute atomic E-state index is 11.8. The molecule has 17 heavy (non-hydrogen) atoms. The fourth-order valence-electron chi connectivity index (χ4n) is 1.88. The van der Waals surface area contributed by atoms with Crippen molar-refractivity contribution in [1.29, 1.82) is 0 Å². The molecule has 7 heteroatoms. The van der Waals surface area contributed by atoms with E-state index in [1.807, 2.05) is 4.90 Å². The van der Waals surface area contributed by atoms with E-state index in [0.717, 1.165) is 23.4 Å². The van der Waals surface area contributed by atoms with Crippen molar-refractivity contribution in [3.63, 3.8) is 0 Å². The normalized spacial score (nSPS) is 20.1. The van der Waals surface area contributed by atoms with E-state index in [-0.39, 0.29) is 11.9 Å². The zero-order valence-electron chi connectivity index (χ0n) is 9.48. The summed E-state index contributed by atoms with van der Waals surface area (Å²) in [5.41, 5.74) is 0. The number of halogens is 1. The topological polar surface area (TPSA) is 70.2 Å². The van der Waals surface area contributed by atoms with E-state index in [1.165, 1.54) is 6.33 Å². The van der Waals surface area contributed by atoms with Crippen LogP contribution in [0.1, 0.15) is 0 Å². The number of hydrogen-bond donors (Lipinski definition) is 2. The smallest absolute Gasteiger partial charge is 0.243 e. The van der Waals surface area contributed by atoms with Crippen LogP contribution in [0.3, 0.4) is 0 Å². The third kappa shape index (κ3) is 2.55. The van der Waals surface area contributed by atoms with Crippen LogP contribution < -0.4 is 15.5 Å². The summed E-state index contributed by atoms with van der Waals surface area (Å²) in [6.07, 6.45) is 3.17. The Morgan fingerprint density at radius 2 is 2.53 bits per heavy atom. The first-order valence-electron chi connectivity index (χ1n) is 5.38. The molecule has 1 fully saturated rings. The van der Waals surface area contributed by atoms with Crippen molar-refractivity contribution < 1.29 is 4.79 Å². The average Bonchev–Trinajstić information content (AvgIpc) is 2.38. The fraction of sp³-hybridized carbons (Fsp3) is 0.500. The molecule has 1 aliphatic rings. The van der Waals surface area contributed by atoms with Gasteiger partial charge in [-0.25, -0.2) is 9.97 Å². The number of likely N-dealkylation sites (N-methyl/N-ethyl adjacent to an activating group) is 1. The number of amides is 1. The molecule has 0 aliphatic carbocycles. The van der Waals surface area contributed by atoms with E-state index in [1.54, 1.807) is 13.2 Å². The van der Waals surface area contributed by atoms with E-state index >= 15 is 0 Å². The Bertz CT molecular complexity index is 413. The van der Waals surface area contributed by atoms with E-state index in [0.29, 0.717) is 6.54 Å². The summed E-state index contributed by atoms with van der Waals surface area (Å²) in [5.74, 6) is 0.748. The maximum atomic E-state index is 11.8. The highest BCUT2D eigenvalue weighted by Gasteiger charge is 2.29. The molecule has 1 aromatic heterocycles. The molecular weight excluding hydrogens is 286 g/mol. The lowest BCUT2D eigenvalue weighted by molar-refractivity contribution is -0.122. The summed E-state index contributed by atoms with van der Waals surface area (Å²) in [6, 6.07) is -0.236. The maximum Gasteiger partial charge on any atom is 0.243 e. The molecule has 1 aliphatic heterocycles. The lowest BCUT2D eigenvalue weighted by atomic mass is 10.2. The average molecular weight is 300 g/mol. The summed E-state index contributed by atoms with van der Waals surface area (Å²) < 4.78 is 0.802. The molecule has 1 unspecified atom stereocenters. The molecule has 0 spiro atoms. The van der Waals surface area contributed by atoms with Crippen molar-refractivity contribution in [3.05, 3.63) is 17.0 Å². The highest BCUT2D eigenvalue weighted by atomic mass is 79.9. The molecular formula is C10H14BrN5O. The fourth-order valence-corrected chi connectivity index (χ4v) is 2.32. The van der Waals surface area contributed by atoms with Crippen molar-refractivity contribution in [2.75, 3.05) is 31.6 Å². The lowest BCUT2D eigenvalue weighted by Crippen LogP contribution is -2.58. The standard InChI is InChI=1S/C10H14BrN5O/c1-12-10(17)8-5-13-2-3-16(8)9-7(11)4-14-6-15-9/h4,6,8,13H,2-3,5H2,1H3,(H,12,17). The quantitative estimate of drug-likeness (QED) is 0.789. The Balaban J connectivity index is 2.28. The van der Waals surface area contributed by atoms with Crippen LogP contribution in [0.25, 0.3) is 0 Å². The van der Waals surface area contributed by atoms with Crippen LogP contribution in [0.2, 0.25) is 0 Å². The van der Waals surface area contributed by atoms with Crippen LogP contribution in [0.4, 0.5) is 5.82 Å². The number of carbonyl (C=O) groups excluding carboxylic acids is 1. The van der Waals surface area contributed by atoms with Crippen LogP contribution >= 0.6 is 15.9 Å². The molecule has 2 rings (SSSR count). The second-order valence-corrected chi connectivity index (χ2v) is 4.58. The van der Waals surface area contributed by atoms with E-state index in [2.05, 4.69) is 36.5 Å². The van der Waals surface area contributed by atoms with Crippen molar-refractivity contribution in [2.45, 2.75) is 6.04 Å². The van der Waals surface area contributed by atoms with Gasteiger partial charge in [0.1, 0.15) is 18.2 Å². The van der Waals surface area contributed by atoms with Crippen molar-refractivity contribution in [2.24, 2.45) is 0 Å². The first-order valence-corrected chi connectivity index (χ1v) is 6.18. The van der Waals surface area contributed by atoms with Crippen LogP contribution in [-0.2, 0) is 4.79 Å².